The summed E-state index contributed by atoms with van der Waals surface area (Å²) in [5, 5.41) is 0. The van der Waals surface area contributed by atoms with Crippen LogP contribution < -0.4 is 0 Å². The Hall–Kier alpha value is -0.0900. The molecule has 1 aromatic rings. The van der Waals surface area contributed by atoms with Crippen LogP contribution in [0.5, 0.6) is 0 Å². The molecular formula is C9H10BrF2O2P. The summed E-state index contributed by atoms with van der Waals surface area (Å²) in [6, 6.07) is 4.48. The lowest BCUT2D eigenvalue weighted by molar-refractivity contribution is 0.0724. The SMILES string of the molecule is CCc1ccc(Br)c(C(F)(F)P(O)O)c1. The number of aryl methyl sites for hydroxylation is 1. The molecule has 0 saturated carbocycles. The van der Waals surface area contributed by atoms with E-state index in [1.807, 2.05) is 6.92 Å². The third-order valence-electron chi connectivity index (χ3n) is 2.01. The maximum atomic E-state index is 13.4. The lowest BCUT2D eigenvalue weighted by Crippen LogP contribution is -2.12. The van der Waals surface area contributed by atoms with Gasteiger partial charge in [0.1, 0.15) is 0 Å². The van der Waals surface area contributed by atoms with Crippen molar-refractivity contribution in [1.29, 1.82) is 0 Å². The van der Waals surface area contributed by atoms with Gasteiger partial charge in [0.25, 0.3) is 0 Å². The third-order valence-corrected chi connectivity index (χ3v) is 3.45. The second-order valence-corrected chi connectivity index (χ2v) is 4.99. The van der Waals surface area contributed by atoms with E-state index in [9.17, 15) is 8.78 Å². The summed E-state index contributed by atoms with van der Waals surface area (Å²) in [4.78, 5) is 17.3. The molecule has 0 aromatic heterocycles. The summed E-state index contributed by atoms with van der Waals surface area (Å²) in [6.07, 6.45) is 0.616. The summed E-state index contributed by atoms with van der Waals surface area (Å²) >= 11 is 2.97. The Morgan fingerprint density at radius 1 is 1.40 bits per heavy atom. The van der Waals surface area contributed by atoms with Crippen LogP contribution in [0.2, 0.25) is 0 Å². The first kappa shape index (κ1) is 13.0. The van der Waals surface area contributed by atoms with Crippen molar-refractivity contribution in [3.05, 3.63) is 33.8 Å². The molecule has 0 aliphatic heterocycles. The minimum Gasteiger partial charge on any atom is -0.346 e. The van der Waals surface area contributed by atoms with Gasteiger partial charge in [-0.05, 0) is 24.1 Å². The van der Waals surface area contributed by atoms with E-state index < -0.39 is 14.0 Å². The molecule has 0 spiro atoms. The highest BCUT2D eigenvalue weighted by molar-refractivity contribution is 9.10. The summed E-state index contributed by atoms with van der Waals surface area (Å²) in [5.41, 5.74) is -3.25. The molecular weight excluding hydrogens is 289 g/mol. The van der Waals surface area contributed by atoms with Gasteiger partial charge < -0.3 is 9.79 Å². The Morgan fingerprint density at radius 2 is 2.00 bits per heavy atom. The van der Waals surface area contributed by atoms with Gasteiger partial charge in [-0.25, -0.2) is 0 Å². The van der Waals surface area contributed by atoms with E-state index in [2.05, 4.69) is 15.9 Å². The Kier molecular flexibility index (Phi) is 4.18. The minimum atomic E-state index is -3.60. The van der Waals surface area contributed by atoms with Crippen LogP contribution in [0.4, 0.5) is 8.78 Å². The van der Waals surface area contributed by atoms with Crippen molar-refractivity contribution >= 4 is 24.3 Å². The molecule has 0 amide bonds. The topological polar surface area (TPSA) is 40.5 Å². The lowest BCUT2D eigenvalue weighted by Gasteiger charge is -2.19. The first-order chi connectivity index (χ1) is 6.89. The van der Waals surface area contributed by atoms with Gasteiger partial charge in [-0.1, -0.05) is 28.9 Å². The summed E-state index contributed by atoms with van der Waals surface area (Å²) in [5.74, 6) is 0. The minimum absolute atomic E-state index is 0.181. The van der Waals surface area contributed by atoms with E-state index >= 15 is 0 Å². The first-order valence-electron chi connectivity index (χ1n) is 4.24. The summed E-state index contributed by atoms with van der Waals surface area (Å²) < 4.78 is 26.9. The molecule has 84 valence electrons. The van der Waals surface area contributed by atoms with Crippen LogP contribution in [0.15, 0.2) is 22.7 Å². The van der Waals surface area contributed by atoms with E-state index in [4.69, 9.17) is 9.79 Å². The first-order valence-corrected chi connectivity index (χ1v) is 6.28. The van der Waals surface area contributed by atoms with Gasteiger partial charge in [-0.2, -0.15) is 8.78 Å². The second kappa shape index (κ2) is 4.83. The average Bonchev–Trinajstić information content (AvgIpc) is 2.18. The smallest absolute Gasteiger partial charge is 0.340 e. The fraction of sp³-hybridized carbons (Fsp3) is 0.333. The van der Waals surface area contributed by atoms with Crippen LogP contribution >= 0.6 is 24.3 Å². The maximum Gasteiger partial charge on any atom is 0.340 e. The maximum absolute atomic E-state index is 13.4. The van der Waals surface area contributed by atoms with Crippen molar-refractivity contribution in [3.8, 4) is 0 Å². The molecule has 0 fully saturated rings. The van der Waals surface area contributed by atoms with Gasteiger partial charge in [-0.3, -0.25) is 0 Å². The number of hydrogen-bond acceptors (Lipinski definition) is 2. The van der Waals surface area contributed by atoms with Gasteiger partial charge in [-0.15, -0.1) is 0 Å². The van der Waals surface area contributed by atoms with E-state index in [-0.39, 0.29) is 10.0 Å². The normalized spacial score (nSPS) is 12.2. The van der Waals surface area contributed by atoms with Gasteiger partial charge in [0.2, 0.25) is 8.38 Å². The number of alkyl halides is 2. The van der Waals surface area contributed by atoms with Crippen molar-refractivity contribution < 1.29 is 18.6 Å². The largest absolute Gasteiger partial charge is 0.346 e. The molecule has 0 radical (unpaired) electrons. The predicted octanol–water partition coefficient (Wildman–Crippen LogP) is 3.36. The Bertz CT molecular complexity index is 358. The highest BCUT2D eigenvalue weighted by Crippen LogP contribution is 2.54. The van der Waals surface area contributed by atoms with E-state index in [0.717, 1.165) is 5.56 Å². The van der Waals surface area contributed by atoms with Crippen molar-refractivity contribution in [1.82, 2.24) is 0 Å². The molecule has 0 saturated heterocycles. The Balaban J connectivity index is 3.23. The van der Waals surface area contributed by atoms with Crippen molar-refractivity contribution in [2.45, 2.75) is 19.0 Å². The standard InChI is InChI=1S/C9H10BrF2O2P/c1-2-6-3-4-8(10)7(5-6)9(11,12)15(13)14/h3-5,13-14H,2H2,1H3. The molecule has 1 aromatic carbocycles. The van der Waals surface area contributed by atoms with Crippen LogP contribution in [0.25, 0.3) is 0 Å². The van der Waals surface area contributed by atoms with E-state index in [0.29, 0.717) is 6.42 Å². The van der Waals surface area contributed by atoms with Crippen LogP contribution in [-0.4, -0.2) is 9.79 Å². The number of hydrogen-bond donors (Lipinski definition) is 2. The highest BCUT2D eigenvalue weighted by atomic mass is 79.9. The molecule has 0 heterocycles. The van der Waals surface area contributed by atoms with E-state index in [1.54, 1.807) is 6.07 Å². The van der Waals surface area contributed by atoms with Crippen LogP contribution in [0.1, 0.15) is 18.1 Å². The third kappa shape index (κ3) is 2.72. The fourth-order valence-corrected chi connectivity index (χ4v) is 2.18. The zero-order valence-electron chi connectivity index (χ0n) is 7.91. The molecule has 2 N–H and O–H groups in total. The predicted molar refractivity (Wildman–Crippen MR) is 58.8 cm³/mol. The van der Waals surface area contributed by atoms with Gasteiger partial charge in [0, 0.05) is 10.0 Å². The zero-order chi connectivity index (χ0) is 11.6. The molecule has 15 heavy (non-hydrogen) atoms. The van der Waals surface area contributed by atoms with Gasteiger partial charge in [0.05, 0.1) is 0 Å². The number of rotatable bonds is 3. The molecule has 6 heteroatoms. The van der Waals surface area contributed by atoms with Crippen LogP contribution in [0.3, 0.4) is 0 Å². The molecule has 1 rings (SSSR count). The molecule has 0 aliphatic rings. The zero-order valence-corrected chi connectivity index (χ0v) is 10.4. The second-order valence-electron chi connectivity index (χ2n) is 3.00. The van der Waals surface area contributed by atoms with Gasteiger partial charge in [0.15, 0.2) is 0 Å². The summed E-state index contributed by atoms with van der Waals surface area (Å²) in [6.45, 7) is 1.84. The van der Waals surface area contributed by atoms with E-state index in [1.165, 1.54) is 12.1 Å². The molecule has 0 unspecified atom stereocenters. The Morgan fingerprint density at radius 3 is 2.47 bits per heavy atom. The average molecular weight is 299 g/mol. The van der Waals surface area contributed by atoms with Crippen molar-refractivity contribution in [2.24, 2.45) is 0 Å². The quantitative estimate of drug-likeness (QED) is 0.840. The number of benzene rings is 1. The van der Waals surface area contributed by atoms with Crippen molar-refractivity contribution in [2.75, 3.05) is 0 Å². The lowest BCUT2D eigenvalue weighted by atomic mass is 10.1. The fourth-order valence-electron chi connectivity index (χ4n) is 1.13. The molecule has 0 aliphatic carbocycles. The Labute approximate surface area is 96.0 Å². The monoisotopic (exact) mass is 298 g/mol. The van der Waals surface area contributed by atoms with Crippen LogP contribution in [0, 0.1) is 0 Å². The molecule has 2 nitrogen and oxygen atoms in total. The van der Waals surface area contributed by atoms with Gasteiger partial charge >= 0.3 is 5.66 Å². The van der Waals surface area contributed by atoms with Crippen molar-refractivity contribution in [3.63, 3.8) is 0 Å². The number of halogens is 3. The summed E-state index contributed by atoms with van der Waals surface area (Å²) in [7, 11) is -3.32. The highest BCUT2D eigenvalue weighted by Gasteiger charge is 2.42. The van der Waals surface area contributed by atoms with Crippen LogP contribution in [-0.2, 0) is 12.1 Å². The molecule has 0 bridgehead atoms. The molecule has 0 atom stereocenters.